The number of para-hydroxylation sites is 1. The van der Waals surface area contributed by atoms with Crippen LogP contribution in [-0.2, 0) is 14.3 Å². The first-order valence-electron chi connectivity index (χ1n) is 10.6. The summed E-state index contributed by atoms with van der Waals surface area (Å²) in [6.07, 6.45) is 0. The fraction of sp³-hybridized carbons (Fsp3) is 0.375. The molecule has 8 heteroatoms. The standard InChI is InChI=1S/C24H24N2O6/c1-4-31-21(27)19-17-13-32-18-12-15(30-3)10-11-16(18)20(17)26-23(29)25(22(28)24(19,26)2)14-8-6-5-7-9-14/h5-12,17,19-20H,4,13H2,1-3H3/t17-,19+,20-,24+/m1/s1. The van der Waals surface area contributed by atoms with E-state index >= 15 is 0 Å². The Hall–Kier alpha value is -3.55. The monoisotopic (exact) mass is 436 g/mol. The first-order valence-corrected chi connectivity index (χ1v) is 10.6. The Labute approximate surface area is 185 Å². The molecule has 2 aromatic rings. The fourth-order valence-corrected chi connectivity index (χ4v) is 5.40. The second kappa shape index (κ2) is 7.25. The Kier molecular flexibility index (Phi) is 4.62. The van der Waals surface area contributed by atoms with Crippen molar-refractivity contribution in [1.82, 2.24) is 4.90 Å². The molecule has 0 N–H and O–H groups in total. The number of anilines is 1. The van der Waals surface area contributed by atoms with Gasteiger partial charge in [-0.2, -0.15) is 0 Å². The van der Waals surface area contributed by atoms with Crippen molar-refractivity contribution in [2.45, 2.75) is 25.4 Å². The molecule has 0 bridgehead atoms. The van der Waals surface area contributed by atoms with E-state index < -0.39 is 41.3 Å². The maximum absolute atomic E-state index is 13.8. The van der Waals surface area contributed by atoms with E-state index in [9.17, 15) is 14.4 Å². The molecule has 0 unspecified atom stereocenters. The number of imide groups is 1. The summed E-state index contributed by atoms with van der Waals surface area (Å²) in [5, 5.41) is 0. The number of methoxy groups -OCH3 is 1. The van der Waals surface area contributed by atoms with Crippen molar-refractivity contribution >= 4 is 23.6 Å². The van der Waals surface area contributed by atoms with E-state index in [0.717, 1.165) is 5.56 Å². The molecule has 3 heterocycles. The number of carbonyl (C=O) groups excluding carboxylic acids is 3. The summed E-state index contributed by atoms with van der Waals surface area (Å²) in [6, 6.07) is 13.2. The molecule has 0 aliphatic carbocycles. The van der Waals surface area contributed by atoms with E-state index in [-0.39, 0.29) is 13.2 Å². The van der Waals surface area contributed by atoms with Crippen molar-refractivity contribution in [2.24, 2.45) is 11.8 Å². The number of hydrogen-bond donors (Lipinski definition) is 0. The van der Waals surface area contributed by atoms with Crippen molar-refractivity contribution in [1.29, 1.82) is 0 Å². The fourth-order valence-electron chi connectivity index (χ4n) is 5.40. The number of esters is 1. The SMILES string of the molecule is CCOC(=O)[C@@H]1[C@H]2COc3cc(OC)ccc3[C@H]2N2C(=O)N(c3ccccc3)C(=O)[C@]12C. The molecule has 3 aliphatic rings. The smallest absolute Gasteiger partial charge is 0.332 e. The number of hydrogen-bond acceptors (Lipinski definition) is 6. The topological polar surface area (TPSA) is 85.4 Å². The summed E-state index contributed by atoms with van der Waals surface area (Å²) in [6.45, 7) is 3.76. The van der Waals surface area contributed by atoms with Gasteiger partial charge < -0.3 is 19.1 Å². The lowest BCUT2D eigenvalue weighted by Crippen LogP contribution is -2.51. The normalized spacial score (nSPS) is 28.0. The van der Waals surface area contributed by atoms with Crippen molar-refractivity contribution in [3.8, 4) is 11.5 Å². The third kappa shape index (κ3) is 2.58. The maximum atomic E-state index is 13.8. The summed E-state index contributed by atoms with van der Waals surface area (Å²) in [4.78, 5) is 43.4. The largest absolute Gasteiger partial charge is 0.497 e. The van der Waals surface area contributed by atoms with E-state index in [0.29, 0.717) is 17.2 Å². The molecule has 0 spiro atoms. The van der Waals surface area contributed by atoms with Gasteiger partial charge in [0.1, 0.15) is 17.0 Å². The minimum absolute atomic E-state index is 0.183. The highest BCUT2D eigenvalue weighted by molar-refractivity contribution is 6.24. The molecule has 2 fully saturated rings. The molecule has 2 saturated heterocycles. The van der Waals surface area contributed by atoms with Gasteiger partial charge in [-0.15, -0.1) is 0 Å². The second-order valence-electron chi connectivity index (χ2n) is 8.33. The molecule has 0 aromatic heterocycles. The quantitative estimate of drug-likeness (QED) is 0.541. The Bertz CT molecular complexity index is 1100. The van der Waals surface area contributed by atoms with E-state index in [1.54, 1.807) is 62.3 Å². The van der Waals surface area contributed by atoms with Crippen LogP contribution in [-0.4, -0.2) is 48.7 Å². The van der Waals surface area contributed by atoms with Gasteiger partial charge in [0.05, 0.1) is 38.0 Å². The lowest BCUT2D eigenvalue weighted by Gasteiger charge is -2.34. The third-order valence-corrected chi connectivity index (χ3v) is 6.78. The van der Waals surface area contributed by atoms with Gasteiger partial charge in [-0.25, -0.2) is 9.69 Å². The molecule has 2 aromatic carbocycles. The van der Waals surface area contributed by atoms with Gasteiger partial charge in [-0.3, -0.25) is 9.59 Å². The number of benzene rings is 2. The molecule has 3 amide bonds. The summed E-state index contributed by atoms with van der Waals surface area (Å²) in [7, 11) is 1.57. The first-order chi connectivity index (χ1) is 15.4. The molecule has 32 heavy (non-hydrogen) atoms. The summed E-state index contributed by atoms with van der Waals surface area (Å²) in [5.41, 5.74) is -0.171. The maximum Gasteiger partial charge on any atom is 0.332 e. The number of nitrogens with zero attached hydrogens (tertiary/aromatic N) is 2. The van der Waals surface area contributed by atoms with Crippen LogP contribution in [0.25, 0.3) is 0 Å². The number of ether oxygens (including phenoxy) is 3. The molecule has 8 nitrogen and oxygen atoms in total. The van der Waals surface area contributed by atoms with Crippen molar-refractivity contribution in [3.63, 3.8) is 0 Å². The molecule has 0 saturated carbocycles. The van der Waals surface area contributed by atoms with Crippen LogP contribution >= 0.6 is 0 Å². The van der Waals surface area contributed by atoms with E-state index in [1.165, 1.54) is 4.90 Å². The van der Waals surface area contributed by atoms with Gasteiger partial charge in [0.2, 0.25) is 0 Å². The van der Waals surface area contributed by atoms with Crippen LogP contribution in [0, 0.1) is 11.8 Å². The van der Waals surface area contributed by atoms with Crippen molar-refractivity contribution < 1.29 is 28.6 Å². The zero-order chi connectivity index (χ0) is 22.6. The van der Waals surface area contributed by atoms with E-state index in [4.69, 9.17) is 14.2 Å². The van der Waals surface area contributed by atoms with Gasteiger partial charge in [-0.05, 0) is 38.1 Å². The highest BCUT2D eigenvalue weighted by Gasteiger charge is 2.72. The van der Waals surface area contributed by atoms with E-state index in [1.807, 2.05) is 12.1 Å². The third-order valence-electron chi connectivity index (χ3n) is 6.78. The van der Waals surface area contributed by atoms with Crippen LogP contribution < -0.4 is 14.4 Å². The average molecular weight is 436 g/mol. The van der Waals surface area contributed by atoms with Crippen molar-refractivity contribution in [2.75, 3.05) is 25.2 Å². The number of urea groups is 1. The van der Waals surface area contributed by atoms with Gasteiger partial charge >= 0.3 is 12.0 Å². The zero-order valence-electron chi connectivity index (χ0n) is 18.1. The summed E-state index contributed by atoms with van der Waals surface area (Å²) < 4.78 is 16.7. The van der Waals surface area contributed by atoms with Crippen LogP contribution in [0.3, 0.4) is 0 Å². The Morgan fingerprint density at radius 3 is 2.62 bits per heavy atom. The van der Waals surface area contributed by atoms with Crippen LogP contribution in [0.2, 0.25) is 0 Å². The summed E-state index contributed by atoms with van der Waals surface area (Å²) in [5.74, 6) is -0.991. The molecular formula is C24H24N2O6. The predicted molar refractivity (Wildman–Crippen MR) is 114 cm³/mol. The van der Waals surface area contributed by atoms with E-state index in [2.05, 4.69) is 0 Å². The average Bonchev–Trinajstić information content (AvgIpc) is 3.19. The Balaban J connectivity index is 1.67. The molecule has 3 aliphatic heterocycles. The minimum atomic E-state index is -1.39. The number of fused-ring (bicyclic) bond motifs is 5. The number of carbonyl (C=O) groups is 3. The van der Waals surface area contributed by atoms with Crippen LogP contribution in [0.1, 0.15) is 25.5 Å². The van der Waals surface area contributed by atoms with Crippen LogP contribution in [0.5, 0.6) is 11.5 Å². The minimum Gasteiger partial charge on any atom is -0.497 e. The Morgan fingerprint density at radius 1 is 1.19 bits per heavy atom. The van der Waals surface area contributed by atoms with Crippen LogP contribution in [0.4, 0.5) is 10.5 Å². The molecular weight excluding hydrogens is 412 g/mol. The lowest BCUT2D eigenvalue weighted by molar-refractivity contribution is -0.154. The van der Waals surface area contributed by atoms with Gasteiger partial charge in [0.15, 0.2) is 0 Å². The molecule has 166 valence electrons. The predicted octanol–water partition coefficient (Wildman–Crippen LogP) is 3.17. The molecule has 0 radical (unpaired) electrons. The number of rotatable bonds is 4. The highest BCUT2D eigenvalue weighted by Crippen LogP contribution is 2.58. The molecule has 4 atom stereocenters. The Morgan fingerprint density at radius 2 is 1.94 bits per heavy atom. The lowest BCUT2D eigenvalue weighted by atomic mass is 9.77. The number of amides is 3. The zero-order valence-corrected chi connectivity index (χ0v) is 18.1. The van der Waals surface area contributed by atoms with Gasteiger partial charge in [-0.1, -0.05) is 18.2 Å². The van der Waals surface area contributed by atoms with Gasteiger partial charge in [0.25, 0.3) is 5.91 Å². The van der Waals surface area contributed by atoms with Gasteiger partial charge in [0, 0.05) is 17.5 Å². The summed E-state index contributed by atoms with van der Waals surface area (Å²) >= 11 is 0. The second-order valence-corrected chi connectivity index (χ2v) is 8.33. The highest BCUT2D eigenvalue weighted by atomic mass is 16.5. The first kappa shape index (κ1) is 20.4. The van der Waals surface area contributed by atoms with Crippen molar-refractivity contribution in [3.05, 3.63) is 54.1 Å². The van der Waals surface area contributed by atoms with Crippen LogP contribution in [0.15, 0.2) is 48.5 Å². The molecule has 5 rings (SSSR count).